The van der Waals surface area contributed by atoms with Crippen molar-refractivity contribution in [1.82, 2.24) is 13.9 Å². The van der Waals surface area contributed by atoms with Crippen molar-refractivity contribution < 1.29 is 13.8 Å². The van der Waals surface area contributed by atoms with Gasteiger partial charge in [-0.2, -0.15) is 0 Å². The Hall–Kier alpha value is -2.80. The summed E-state index contributed by atoms with van der Waals surface area (Å²) in [7, 11) is -1.20. The van der Waals surface area contributed by atoms with Crippen molar-refractivity contribution in [3.05, 3.63) is 59.9 Å². The van der Waals surface area contributed by atoms with E-state index >= 15 is 0 Å². The van der Waals surface area contributed by atoms with Gasteiger partial charge in [0.15, 0.2) is 6.29 Å². The third kappa shape index (κ3) is 2.33. The molecule has 0 saturated carbocycles. The molecule has 24 heavy (non-hydrogen) atoms. The van der Waals surface area contributed by atoms with E-state index in [1.165, 1.54) is 10.5 Å². The molecular weight excluding hydrogens is 326 g/mol. The van der Waals surface area contributed by atoms with E-state index in [9.17, 15) is 13.8 Å². The minimum Gasteiger partial charge on any atom is -0.301 e. The average molecular weight is 339 g/mol. The topological polar surface area (TPSA) is 72.3 Å². The lowest BCUT2D eigenvalue weighted by Gasteiger charge is -2.29. The Kier molecular flexibility index (Phi) is 3.50. The quantitative estimate of drug-likeness (QED) is 0.684. The van der Waals surface area contributed by atoms with E-state index in [2.05, 4.69) is 4.98 Å². The van der Waals surface area contributed by atoms with Crippen molar-refractivity contribution in [1.29, 1.82) is 0 Å². The van der Waals surface area contributed by atoms with Gasteiger partial charge in [-0.1, -0.05) is 6.07 Å². The molecule has 1 aliphatic rings. The zero-order valence-electron chi connectivity index (χ0n) is 12.6. The van der Waals surface area contributed by atoms with Crippen molar-refractivity contribution in [2.75, 3.05) is 12.3 Å². The zero-order chi connectivity index (χ0) is 16.7. The van der Waals surface area contributed by atoms with Gasteiger partial charge in [0.05, 0.1) is 5.75 Å². The number of rotatable bonds is 3. The van der Waals surface area contributed by atoms with Crippen LogP contribution in [0.15, 0.2) is 48.8 Å². The first-order valence-electron chi connectivity index (χ1n) is 7.40. The fraction of sp³-hybridized carbons (Fsp3) is 0.118. The number of fused-ring (bicyclic) bond motifs is 1. The largest absolute Gasteiger partial charge is 0.301 e. The van der Waals surface area contributed by atoms with Gasteiger partial charge in [-0.25, -0.2) is 9.19 Å². The molecule has 1 saturated heterocycles. The fourth-order valence-electron chi connectivity index (χ4n) is 2.70. The molecule has 1 fully saturated rings. The second-order valence-corrected chi connectivity index (χ2v) is 6.96. The molecule has 1 aromatic carbocycles. The fourth-order valence-corrected chi connectivity index (χ4v) is 3.50. The minimum atomic E-state index is -1.20. The summed E-state index contributed by atoms with van der Waals surface area (Å²) in [6.45, 7) is 0.526. The van der Waals surface area contributed by atoms with Crippen LogP contribution in [0.25, 0.3) is 16.7 Å². The van der Waals surface area contributed by atoms with Gasteiger partial charge < -0.3 is 4.57 Å². The van der Waals surface area contributed by atoms with Gasteiger partial charge in [0.25, 0.3) is 5.91 Å². The lowest BCUT2D eigenvalue weighted by Crippen LogP contribution is -2.46. The predicted molar refractivity (Wildman–Crippen MR) is 90.5 cm³/mol. The standard InChI is InChI=1S/C17H13N3O3S/c21-11-12-8-13-4-5-19(16(13)18-10-12)15-3-1-2-14(9-15)17(22)20-6-7-24(20)23/h1-5,8-11H,6-7H2. The van der Waals surface area contributed by atoms with E-state index in [1.807, 2.05) is 22.9 Å². The normalized spacial score (nSPS) is 16.8. The summed E-state index contributed by atoms with van der Waals surface area (Å²) in [6.07, 6.45) is 4.12. The molecule has 3 heterocycles. The molecule has 2 aromatic heterocycles. The Bertz CT molecular complexity index is 996. The maximum Gasteiger partial charge on any atom is 0.265 e. The summed E-state index contributed by atoms with van der Waals surface area (Å²) in [5.74, 6) is 0.311. The number of aromatic nitrogens is 2. The Morgan fingerprint density at radius 1 is 1.25 bits per heavy atom. The average Bonchev–Trinajstić information content (AvgIpc) is 3.03. The Morgan fingerprint density at radius 2 is 2.12 bits per heavy atom. The molecule has 120 valence electrons. The van der Waals surface area contributed by atoms with Crippen LogP contribution in [0, 0.1) is 0 Å². The lowest BCUT2D eigenvalue weighted by molar-refractivity contribution is 0.0858. The van der Waals surface area contributed by atoms with E-state index in [0.717, 1.165) is 17.4 Å². The molecule has 4 rings (SSSR count). The number of benzene rings is 1. The van der Waals surface area contributed by atoms with E-state index in [1.54, 1.807) is 24.3 Å². The number of pyridine rings is 1. The second-order valence-electron chi connectivity index (χ2n) is 5.47. The van der Waals surface area contributed by atoms with Crippen molar-refractivity contribution in [3.63, 3.8) is 0 Å². The lowest BCUT2D eigenvalue weighted by atomic mass is 10.2. The summed E-state index contributed by atoms with van der Waals surface area (Å²) < 4.78 is 14.8. The molecule has 1 amide bonds. The molecule has 1 aliphatic heterocycles. The molecular formula is C17H13N3O3S. The Balaban J connectivity index is 1.75. The van der Waals surface area contributed by atoms with Crippen LogP contribution in [0.4, 0.5) is 0 Å². The summed E-state index contributed by atoms with van der Waals surface area (Å²) in [6, 6.07) is 10.8. The van der Waals surface area contributed by atoms with Crippen molar-refractivity contribution in [2.45, 2.75) is 0 Å². The highest BCUT2D eigenvalue weighted by Crippen LogP contribution is 2.21. The number of hydrogen-bond acceptors (Lipinski definition) is 4. The molecule has 0 radical (unpaired) electrons. The Labute approximate surface area is 140 Å². The van der Waals surface area contributed by atoms with E-state index in [-0.39, 0.29) is 5.91 Å². The highest BCUT2D eigenvalue weighted by molar-refractivity contribution is 7.84. The van der Waals surface area contributed by atoms with Crippen LogP contribution in [-0.4, -0.2) is 42.6 Å². The van der Waals surface area contributed by atoms with Crippen LogP contribution in [-0.2, 0) is 11.0 Å². The third-order valence-corrected chi connectivity index (χ3v) is 5.37. The number of carbonyl (C=O) groups is 2. The predicted octanol–water partition coefficient (Wildman–Crippen LogP) is 1.96. The van der Waals surface area contributed by atoms with Crippen LogP contribution >= 0.6 is 0 Å². The van der Waals surface area contributed by atoms with Gasteiger partial charge in [0.1, 0.15) is 16.6 Å². The van der Waals surface area contributed by atoms with Gasteiger partial charge in [-0.15, -0.1) is 0 Å². The second kappa shape index (κ2) is 5.68. The maximum absolute atomic E-state index is 12.4. The molecule has 0 spiro atoms. The molecule has 7 heteroatoms. The number of amides is 1. The molecule has 6 nitrogen and oxygen atoms in total. The Morgan fingerprint density at radius 3 is 2.83 bits per heavy atom. The molecule has 0 bridgehead atoms. The molecule has 1 atom stereocenters. The van der Waals surface area contributed by atoms with Gasteiger partial charge >= 0.3 is 0 Å². The molecule has 0 N–H and O–H groups in total. The van der Waals surface area contributed by atoms with Crippen LogP contribution in [0.5, 0.6) is 0 Å². The monoisotopic (exact) mass is 339 g/mol. The van der Waals surface area contributed by atoms with Gasteiger partial charge in [-0.3, -0.25) is 13.9 Å². The zero-order valence-corrected chi connectivity index (χ0v) is 13.4. The number of carbonyl (C=O) groups excluding carboxylic acids is 2. The van der Waals surface area contributed by atoms with Gasteiger partial charge in [0.2, 0.25) is 0 Å². The smallest absolute Gasteiger partial charge is 0.265 e. The van der Waals surface area contributed by atoms with Gasteiger partial charge in [0, 0.05) is 41.1 Å². The first-order chi connectivity index (χ1) is 11.7. The van der Waals surface area contributed by atoms with Crippen LogP contribution in [0.1, 0.15) is 20.7 Å². The minimum absolute atomic E-state index is 0.228. The number of hydrogen-bond donors (Lipinski definition) is 0. The molecule has 3 aromatic rings. The van der Waals surface area contributed by atoms with Gasteiger partial charge in [-0.05, 0) is 30.3 Å². The summed E-state index contributed by atoms with van der Waals surface area (Å²) in [5.41, 5.74) is 2.50. The number of nitrogens with zero attached hydrogens (tertiary/aromatic N) is 3. The summed E-state index contributed by atoms with van der Waals surface area (Å²) in [5, 5.41) is 0.847. The van der Waals surface area contributed by atoms with E-state index in [4.69, 9.17) is 0 Å². The summed E-state index contributed by atoms with van der Waals surface area (Å²) >= 11 is 0. The van der Waals surface area contributed by atoms with Crippen LogP contribution < -0.4 is 0 Å². The molecule has 0 aliphatic carbocycles. The third-order valence-electron chi connectivity index (χ3n) is 4.00. The first-order valence-corrected chi connectivity index (χ1v) is 8.68. The van der Waals surface area contributed by atoms with E-state index < -0.39 is 11.0 Å². The number of aldehydes is 1. The summed E-state index contributed by atoms with van der Waals surface area (Å²) in [4.78, 5) is 27.6. The SMILES string of the molecule is O=Cc1cnc2c(ccn2-c2cccc(C(=O)N3CCS3=O)c2)c1. The van der Waals surface area contributed by atoms with Crippen molar-refractivity contribution in [3.8, 4) is 5.69 Å². The van der Waals surface area contributed by atoms with Crippen LogP contribution in [0.3, 0.4) is 0 Å². The highest BCUT2D eigenvalue weighted by atomic mass is 32.2. The van der Waals surface area contributed by atoms with Crippen LogP contribution in [0.2, 0.25) is 0 Å². The van der Waals surface area contributed by atoms with Crippen molar-refractivity contribution >= 4 is 34.2 Å². The maximum atomic E-state index is 12.4. The van der Waals surface area contributed by atoms with Crippen molar-refractivity contribution in [2.24, 2.45) is 0 Å². The van der Waals surface area contributed by atoms with E-state index in [0.29, 0.717) is 29.1 Å². The first kappa shape index (κ1) is 14.8. The molecule has 1 unspecified atom stereocenters. The highest BCUT2D eigenvalue weighted by Gasteiger charge is 2.29.